The van der Waals surface area contributed by atoms with Crippen LogP contribution >= 0.6 is 38.9 Å². The number of anilines is 1. The number of aromatic nitrogens is 1. The maximum absolute atomic E-state index is 12.5. The Morgan fingerprint density at radius 1 is 1.18 bits per heavy atom. The molecule has 0 saturated heterocycles. The summed E-state index contributed by atoms with van der Waals surface area (Å²) in [7, 11) is 0. The molecule has 2 heterocycles. The number of oxazole rings is 1. The monoisotopic (exact) mass is 476 g/mol. The Morgan fingerprint density at radius 3 is 2.64 bits per heavy atom. The van der Waals surface area contributed by atoms with Gasteiger partial charge in [-0.15, -0.1) is 11.3 Å². The maximum Gasteiger partial charge on any atom is 0.339 e. The highest BCUT2D eigenvalue weighted by Gasteiger charge is 2.23. The number of aromatic carboxylic acids is 1. The molecule has 0 unspecified atom stereocenters. The van der Waals surface area contributed by atoms with E-state index in [9.17, 15) is 14.7 Å². The van der Waals surface area contributed by atoms with E-state index in [1.807, 2.05) is 12.1 Å². The van der Waals surface area contributed by atoms with Gasteiger partial charge < -0.3 is 14.8 Å². The van der Waals surface area contributed by atoms with Crippen molar-refractivity contribution in [3.8, 4) is 11.1 Å². The smallest absolute Gasteiger partial charge is 0.339 e. The molecule has 0 aliphatic rings. The van der Waals surface area contributed by atoms with Crippen LogP contribution in [0.1, 0.15) is 21.0 Å². The average Bonchev–Trinajstić information content (AvgIpc) is 3.26. The van der Waals surface area contributed by atoms with E-state index in [1.165, 1.54) is 0 Å². The van der Waals surface area contributed by atoms with Crippen molar-refractivity contribution in [3.63, 3.8) is 0 Å². The van der Waals surface area contributed by atoms with E-state index in [2.05, 4.69) is 26.2 Å². The summed E-state index contributed by atoms with van der Waals surface area (Å²) in [6.45, 7) is 0. The average molecular weight is 478 g/mol. The van der Waals surface area contributed by atoms with Gasteiger partial charge >= 0.3 is 11.9 Å². The van der Waals surface area contributed by atoms with Crippen LogP contribution in [-0.2, 0) is 0 Å². The van der Waals surface area contributed by atoms with Crippen LogP contribution in [0, 0.1) is 0 Å². The number of carboxylic acid groups (broad SMARTS) is 1. The normalized spacial score (nSPS) is 10.9. The predicted molar refractivity (Wildman–Crippen MR) is 111 cm³/mol. The fraction of sp³-hybridized carbons (Fsp3) is 0. The molecule has 4 aromatic rings. The molecule has 0 bridgehead atoms. The lowest BCUT2D eigenvalue weighted by molar-refractivity contribution is 0.0699. The van der Waals surface area contributed by atoms with Crippen LogP contribution in [-0.4, -0.2) is 22.0 Å². The molecular formula is C19H10BrClN2O4S. The van der Waals surface area contributed by atoms with Crippen LogP contribution in [0.3, 0.4) is 0 Å². The molecule has 1 amide bonds. The standard InChI is InChI=1S/C19H10BrClN2O4S/c20-10-3-1-9(2-4-10)12-8-28-18(15(12)19(25)26)23-16(24)17-22-13-7-11(21)5-6-14(13)27-17/h1-8H,(H,23,24)(H,25,26). The number of carbonyl (C=O) groups excluding carboxylic acids is 1. The van der Waals surface area contributed by atoms with Gasteiger partial charge in [0.25, 0.3) is 5.89 Å². The van der Waals surface area contributed by atoms with Crippen molar-refractivity contribution in [1.82, 2.24) is 4.98 Å². The number of hydrogen-bond donors (Lipinski definition) is 2. The van der Waals surface area contributed by atoms with Crippen molar-refractivity contribution < 1.29 is 19.1 Å². The van der Waals surface area contributed by atoms with Crippen LogP contribution in [0.5, 0.6) is 0 Å². The van der Waals surface area contributed by atoms with Gasteiger partial charge in [0, 0.05) is 20.4 Å². The van der Waals surface area contributed by atoms with Crippen LogP contribution in [0.15, 0.2) is 56.7 Å². The van der Waals surface area contributed by atoms with Crippen molar-refractivity contribution in [2.24, 2.45) is 0 Å². The summed E-state index contributed by atoms with van der Waals surface area (Å²) in [4.78, 5) is 28.5. The molecule has 0 fully saturated rings. The Bertz CT molecular complexity index is 1220. The molecule has 0 atom stereocenters. The minimum Gasteiger partial charge on any atom is -0.478 e. The fourth-order valence-electron chi connectivity index (χ4n) is 2.66. The van der Waals surface area contributed by atoms with Crippen LogP contribution in [0.25, 0.3) is 22.2 Å². The van der Waals surface area contributed by atoms with Crippen molar-refractivity contribution in [3.05, 3.63) is 68.8 Å². The molecule has 2 N–H and O–H groups in total. The summed E-state index contributed by atoms with van der Waals surface area (Å²) in [5.41, 5.74) is 2.12. The first-order chi connectivity index (χ1) is 13.4. The molecule has 0 spiro atoms. The number of nitrogens with one attached hydrogen (secondary N) is 1. The van der Waals surface area contributed by atoms with E-state index in [4.69, 9.17) is 16.0 Å². The number of halogens is 2. The van der Waals surface area contributed by atoms with E-state index >= 15 is 0 Å². The second-order valence-corrected chi connectivity index (χ2v) is 7.98. The van der Waals surface area contributed by atoms with Crippen molar-refractivity contribution in [1.29, 1.82) is 0 Å². The first-order valence-corrected chi connectivity index (χ1v) is 9.95. The molecule has 140 valence electrons. The molecule has 0 radical (unpaired) electrons. The van der Waals surface area contributed by atoms with E-state index in [1.54, 1.807) is 35.7 Å². The number of benzene rings is 2. The number of carbonyl (C=O) groups is 2. The van der Waals surface area contributed by atoms with Crippen molar-refractivity contribution in [2.75, 3.05) is 5.32 Å². The zero-order valence-electron chi connectivity index (χ0n) is 13.9. The minimum atomic E-state index is -1.14. The number of thiophene rings is 1. The lowest BCUT2D eigenvalue weighted by Crippen LogP contribution is -2.13. The van der Waals surface area contributed by atoms with Crippen LogP contribution in [0.4, 0.5) is 5.00 Å². The second kappa shape index (κ2) is 7.38. The van der Waals surface area contributed by atoms with Crippen LogP contribution in [0.2, 0.25) is 5.02 Å². The molecule has 9 heteroatoms. The van der Waals surface area contributed by atoms with Gasteiger partial charge in [-0.05, 0) is 35.9 Å². The van der Waals surface area contributed by atoms with Gasteiger partial charge in [0.2, 0.25) is 0 Å². The zero-order chi connectivity index (χ0) is 19.8. The van der Waals surface area contributed by atoms with E-state index in [0.29, 0.717) is 21.7 Å². The van der Waals surface area contributed by atoms with Gasteiger partial charge in [-0.1, -0.05) is 39.7 Å². The molecule has 0 aliphatic carbocycles. The highest BCUT2D eigenvalue weighted by atomic mass is 79.9. The topological polar surface area (TPSA) is 92.4 Å². The predicted octanol–water partition coefficient (Wildman–Crippen LogP) is 5.92. The summed E-state index contributed by atoms with van der Waals surface area (Å²) >= 11 is 10.4. The van der Waals surface area contributed by atoms with Gasteiger partial charge in [0.05, 0.1) is 0 Å². The third kappa shape index (κ3) is 3.54. The zero-order valence-corrected chi connectivity index (χ0v) is 17.1. The Balaban J connectivity index is 1.67. The van der Waals surface area contributed by atoms with Crippen LogP contribution < -0.4 is 5.32 Å². The summed E-state index contributed by atoms with van der Waals surface area (Å²) in [6, 6.07) is 12.1. The van der Waals surface area contributed by atoms with Crippen molar-refractivity contribution in [2.45, 2.75) is 0 Å². The summed E-state index contributed by atoms with van der Waals surface area (Å²) in [5, 5.41) is 14.6. The van der Waals surface area contributed by atoms with Gasteiger partial charge in [0.1, 0.15) is 16.1 Å². The molecule has 0 saturated carbocycles. The lowest BCUT2D eigenvalue weighted by Gasteiger charge is -2.04. The van der Waals surface area contributed by atoms with Gasteiger partial charge in [-0.3, -0.25) is 4.79 Å². The Hall–Kier alpha value is -2.68. The van der Waals surface area contributed by atoms with E-state index in [-0.39, 0.29) is 16.5 Å². The Morgan fingerprint density at radius 2 is 1.93 bits per heavy atom. The summed E-state index contributed by atoms with van der Waals surface area (Å²) in [6.07, 6.45) is 0. The third-order valence-electron chi connectivity index (χ3n) is 3.93. The minimum absolute atomic E-state index is 0.0137. The Labute approximate surface area is 175 Å². The highest BCUT2D eigenvalue weighted by molar-refractivity contribution is 9.10. The molecule has 0 aliphatic heterocycles. The van der Waals surface area contributed by atoms with Crippen molar-refractivity contribution >= 4 is 66.8 Å². The molecular weight excluding hydrogens is 468 g/mol. The Kier molecular flexibility index (Phi) is 4.92. The van der Waals surface area contributed by atoms with E-state index < -0.39 is 11.9 Å². The molecule has 28 heavy (non-hydrogen) atoms. The first kappa shape index (κ1) is 18.7. The van der Waals surface area contributed by atoms with Gasteiger partial charge in [-0.2, -0.15) is 0 Å². The quantitative estimate of drug-likeness (QED) is 0.380. The number of amides is 1. The molecule has 2 aromatic carbocycles. The van der Waals surface area contributed by atoms with Gasteiger partial charge in [-0.25, -0.2) is 9.78 Å². The summed E-state index contributed by atoms with van der Waals surface area (Å²) < 4.78 is 6.31. The number of fused-ring (bicyclic) bond motifs is 1. The first-order valence-electron chi connectivity index (χ1n) is 7.90. The number of rotatable bonds is 4. The molecule has 6 nitrogen and oxygen atoms in total. The SMILES string of the molecule is O=C(Nc1scc(-c2ccc(Br)cc2)c1C(=O)O)c1nc2cc(Cl)ccc2o1. The molecule has 4 rings (SSSR count). The highest BCUT2D eigenvalue weighted by Crippen LogP contribution is 2.36. The second-order valence-electron chi connectivity index (χ2n) is 5.75. The van der Waals surface area contributed by atoms with Gasteiger partial charge in [0.15, 0.2) is 5.58 Å². The number of nitrogens with zero attached hydrogens (tertiary/aromatic N) is 1. The fourth-order valence-corrected chi connectivity index (χ4v) is 4.05. The molecule has 2 aromatic heterocycles. The van der Waals surface area contributed by atoms with E-state index in [0.717, 1.165) is 21.4 Å². The number of hydrogen-bond acceptors (Lipinski definition) is 5. The number of carboxylic acids is 1. The third-order valence-corrected chi connectivity index (χ3v) is 5.59. The summed E-state index contributed by atoms with van der Waals surface area (Å²) in [5.74, 6) is -1.95. The largest absolute Gasteiger partial charge is 0.478 e. The lowest BCUT2D eigenvalue weighted by atomic mass is 10.0. The maximum atomic E-state index is 12.5.